The van der Waals surface area contributed by atoms with Gasteiger partial charge in [0, 0.05) is 12.2 Å². The van der Waals surface area contributed by atoms with Crippen LogP contribution < -0.4 is 5.32 Å². The lowest BCUT2D eigenvalue weighted by Gasteiger charge is -2.09. The molecular formula is C14H16N6. The smallest absolute Gasteiger partial charge is 0.183 e. The van der Waals surface area contributed by atoms with Crippen molar-refractivity contribution >= 4 is 22.7 Å². The number of benzene rings is 1. The molecular weight excluding hydrogens is 252 g/mol. The van der Waals surface area contributed by atoms with Crippen LogP contribution in [0.4, 0.5) is 11.5 Å². The van der Waals surface area contributed by atoms with Gasteiger partial charge in [-0.1, -0.05) is 30.3 Å². The van der Waals surface area contributed by atoms with Gasteiger partial charge in [-0.3, -0.25) is 0 Å². The predicted molar refractivity (Wildman–Crippen MR) is 77.9 cm³/mol. The molecule has 2 heterocycles. The molecule has 0 aliphatic heterocycles. The fraction of sp³-hybridized carbons (Fsp3) is 0.286. The lowest BCUT2D eigenvalue weighted by molar-refractivity contribution is 0.641. The van der Waals surface area contributed by atoms with Crippen molar-refractivity contribution in [2.75, 3.05) is 5.32 Å². The first kappa shape index (κ1) is 12.5. The van der Waals surface area contributed by atoms with Gasteiger partial charge in [0.05, 0.1) is 0 Å². The highest BCUT2D eigenvalue weighted by Crippen LogP contribution is 2.23. The van der Waals surface area contributed by atoms with E-state index in [0.29, 0.717) is 11.3 Å². The van der Waals surface area contributed by atoms with Crippen molar-refractivity contribution in [2.24, 2.45) is 0 Å². The highest BCUT2D eigenvalue weighted by molar-refractivity contribution is 5.84. The van der Waals surface area contributed by atoms with E-state index in [1.54, 1.807) is 4.68 Å². The second-order valence-corrected chi connectivity index (χ2v) is 4.44. The van der Waals surface area contributed by atoms with Crippen molar-refractivity contribution < 1.29 is 0 Å². The molecule has 6 heteroatoms. The van der Waals surface area contributed by atoms with E-state index in [1.807, 2.05) is 25.1 Å². The molecule has 20 heavy (non-hydrogen) atoms. The van der Waals surface area contributed by atoms with Crippen LogP contribution in [-0.4, -0.2) is 25.0 Å². The molecule has 102 valence electrons. The number of rotatable bonds is 4. The molecule has 0 saturated heterocycles. The molecule has 1 aromatic carbocycles. The summed E-state index contributed by atoms with van der Waals surface area (Å²) in [6, 6.07) is 8.18. The topological polar surface area (TPSA) is 68.5 Å². The molecule has 0 amide bonds. The van der Waals surface area contributed by atoms with Crippen LogP contribution in [0.1, 0.15) is 19.4 Å². The summed E-state index contributed by atoms with van der Waals surface area (Å²) in [5.74, 6) is 0.690. The van der Waals surface area contributed by atoms with Gasteiger partial charge < -0.3 is 5.32 Å². The van der Waals surface area contributed by atoms with Gasteiger partial charge in [0.25, 0.3) is 0 Å². The van der Waals surface area contributed by atoms with E-state index in [2.05, 4.69) is 38.6 Å². The number of hydrogen-bond acceptors (Lipinski definition) is 5. The van der Waals surface area contributed by atoms with Crippen molar-refractivity contribution in [1.82, 2.24) is 25.0 Å². The monoisotopic (exact) mass is 268 g/mol. The Bertz CT molecular complexity index is 733. The van der Waals surface area contributed by atoms with Gasteiger partial charge in [0.2, 0.25) is 0 Å². The fourth-order valence-corrected chi connectivity index (χ4v) is 2.17. The zero-order chi connectivity index (χ0) is 13.9. The van der Waals surface area contributed by atoms with Crippen LogP contribution in [0.5, 0.6) is 0 Å². The van der Waals surface area contributed by atoms with Crippen LogP contribution in [0.25, 0.3) is 11.2 Å². The maximum Gasteiger partial charge on any atom is 0.183 e. The first-order valence-electron chi connectivity index (χ1n) is 6.72. The van der Waals surface area contributed by atoms with E-state index in [9.17, 15) is 0 Å². The number of anilines is 2. The maximum absolute atomic E-state index is 4.29. The van der Waals surface area contributed by atoms with Crippen molar-refractivity contribution in [2.45, 2.75) is 26.8 Å². The minimum absolute atomic E-state index is 0.690. The summed E-state index contributed by atoms with van der Waals surface area (Å²) < 4.78 is 1.76. The lowest BCUT2D eigenvalue weighted by atomic mass is 10.1. The molecule has 0 bridgehead atoms. The number of aromatic nitrogens is 5. The third-order valence-corrected chi connectivity index (χ3v) is 3.25. The summed E-state index contributed by atoms with van der Waals surface area (Å²) in [5.41, 5.74) is 3.72. The lowest BCUT2D eigenvalue weighted by Crippen LogP contribution is -2.00. The molecule has 0 aliphatic rings. The van der Waals surface area contributed by atoms with E-state index < -0.39 is 0 Å². The molecule has 0 aliphatic carbocycles. The zero-order valence-corrected chi connectivity index (χ0v) is 11.5. The highest BCUT2D eigenvalue weighted by Gasteiger charge is 2.11. The Balaban J connectivity index is 2.05. The molecule has 0 unspecified atom stereocenters. The second-order valence-electron chi connectivity index (χ2n) is 4.44. The Morgan fingerprint density at radius 2 is 2.00 bits per heavy atom. The Labute approximate surface area is 116 Å². The first-order valence-corrected chi connectivity index (χ1v) is 6.72. The number of hydrogen-bond donors (Lipinski definition) is 1. The van der Waals surface area contributed by atoms with E-state index >= 15 is 0 Å². The first-order chi connectivity index (χ1) is 9.83. The number of aryl methyl sites for hydroxylation is 2. The van der Waals surface area contributed by atoms with Crippen molar-refractivity contribution in [3.05, 3.63) is 36.2 Å². The van der Waals surface area contributed by atoms with Crippen LogP contribution >= 0.6 is 0 Å². The predicted octanol–water partition coefficient (Wildman–Crippen LogP) is 2.55. The Hall–Kier alpha value is -2.50. The van der Waals surface area contributed by atoms with Gasteiger partial charge in [-0.05, 0) is 25.0 Å². The molecule has 0 spiro atoms. The Morgan fingerprint density at radius 1 is 1.15 bits per heavy atom. The van der Waals surface area contributed by atoms with Crippen molar-refractivity contribution in [3.63, 3.8) is 0 Å². The molecule has 0 radical (unpaired) electrons. The third kappa shape index (κ3) is 2.09. The molecule has 1 N–H and O–H groups in total. The summed E-state index contributed by atoms with van der Waals surface area (Å²) in [6.07, 6.45) is 2.49. The summed E-state index contributed by atoms with van der Waals surface area (Å²) in [7, 11) is 0. The SMILES string of the molecule is CCc1ccccc1Nc1ncnc2c1nnn2CC. The van der Waals surface area contributed by atoms with Crippen LogP contribution in [0.15, 0.2) is 30.6 Å². The van der Waals surface area contributed by atoms with Crippen LogP contribution in [0.2, 0.25) is 0 Å². The summed E-state index contributed by atoms with van der Waals surface area (Å²) in [4.78, 5) is 8.53. The van der Waals surface area contributed by atoms with Gasteiger partial charge in [0.15, 0.2) is 17.0 Å². The average molecular weight is 268 g/mol. The van der Waals surface area contributed by atoms with E-state index in [1.165, 1.54) is 11.9 Å². The van der Waals surface area contributed by atoms with Gasteiger partial charge in [-0.2, -0.15) is 0 Å². The third-order valence-electron chi connectivity index (χ3n) is 3.25. The normalized spacial score (nSPS) is 10.9. The van der Waals surface area contributed by atoms with Crippen molar-refractivity contribution in [3.8, 4) is 0 Å². The summed E-state index contributed by atoms with van der Waals surface area (Å²) in [6.45, 7) is 4.87. The Kier molecular flexibility index (Phi) is 3.28. The fourth-order valence-electron chi connectivity index (χ4n) is 2.17. The summed E-state index contributed by atoms with van der Waals surface area (Å²) in [5, 5.41) is 11.6. The number of fused-ring (bicyclic) bond motifs is 1. The second kappa shape index (κ2) is 5.24. The molecule has 3 aromatic rings. The number of nitrogens with zero attached hydrogens (tertiary/aromatic N) is 5. The van der Waals surface area contributed by atoms with Crippen LogP contribution in [-0.2, 0) is 13.0 Å². The van der Waals surface area contributed by atoms with Gasteiger partial charge in [-0.15, -0.1) is 5.10 Å². The number of nitrogens with one attached hydrogen (secondary N) is 1. The largest absolute Gasteiger partial charge is 0.338 e. The van der Waals surface area contributed by atoms with Crippen LogP contribution in [0.3, 0.4) is 0 Å². The minimum Gasteiger partial charge on any atom is -0.338 e. The van der Waals surface area contributed by atoms with Gasteiger partial charge >= 0.3 is 0 Å². The maximum atomic E-state index is 4.29. The van der Waals surface area contributed by atoms with Gasteiger partial charge in [-0.25, -0.2) is 14.6 Å². The standard InChI is InChI=1S/C14H16N6/c1-3-10-7-5-6-8-11(10)17-13-12-14(16-9-15-13)20(4-2)19-18-12/h5-9H,3-4H2,1-2H3,(H,15,16,17). The highest BCUT2D eigenvalue weighted by atomic mass is 15.4. The van der Waals surface area contributed by atoms with Crippen molar-refractivity contribution in [1.29, 1.82) is 0 Å². The molecule has 0 atom stereocenters. The quantitative estimate of drug-likeness (QED) is 0.787. The average Bonchev–Trinajstić information content (AvgIpc) is 2.92. The Morgan fingerprint density at radius 3 is 2.80 bits per heavy atom. The molecule has 6 nitrogen and oxygen atoms in total. The van der Waals surface area contributed by atoms with Crippen LogP contribution in [0, 0.1) is 0 Å². The summed E-state index contributed by atoms with van der Waals surface area (Å²) >= 11 is 0. The molecule has 2 aromatic heterocycles. The van der Waals surface area contributed by atoms with Gasteiger partial charge in [0.1, 0.15) is 6.33 Å². The minimum atomic E-state index is 0.690. The molecule has 0 fully saturated rings. The van der Waals surface area contributed by atoms with E-state index in [-0.39, 0.29) is 0 Å². The molecule has 3 rings (SSSR count). The van der Waals surface area contributed by atoms with E-state index in [0.717, 1.165) is 24.3 Å². The zero-order valence-electron chi connectivity index (χ0n) is 11.5. The molecule has 0 saturated carbocycles. The number of para-hydroxylation sites is 1. The van der Waals surface area contributed by atoms with E-state index in [4.69, 9.17) is 0 Å².